The van der Waals surface area contributed by atoms with Crippen molar-refractivity contribution in [3.63, 3.8) is 0 Å². The monoisotopic (exact) mass is 624 g/mol. The van der Waals surface area contributed by atoms with Gasteiger partial charge in [0.1, 0.15) is 0 Å². The van der Waals surface area contributed by atoms with E-state index >= 15 is 0 Å². The highest BCUT2D eigenvalue weighted by molar-refractivity contribution is 6.34. The van der Waals surface area contributed by atoms with Crippen LogP contribution in [-0.2, 0) is 6.54 Å². The number of hydrogen-bond acceptors (Lipinski definition) is 4. The molecule has 0 unspecified atom stereocenters. The second-order valence-electron chi connectivity index (χ2n) is 10.0. The molecule has 1 saturated carbocycles. The van der Waals surface area contributed by atoms with E-state index in [9.17, 15) is 9.59 Å². The second-order valence-corrected chi connectivity index (χ2v) is 10.8. The third-order valence-electron chi connectivity index (χ3n) is 6.58. The number of nitrogens with one attached hydrogen (secondary N) is 4. The zero-order valence-electron chi connectivity index (χ0n) is 24.3. The summed E-state index contributed by atoms with van der Waals surface area (Å²) >= 11 is 12.1. The van der Waals surface area contributed by atoms with E-state index in [-0.39, 0.29) is 18.0 Å². The molecule has 4 rings (SSSR count). The average molecular weight is 626 g/mol. The first-order valence-corrected chi connectivity index (χ1v) is 14.7. The Morgan fingerprint density at radius 3 is 1.77 bits per heavy atom. The largest absolute Gasteiger partial charge is 0.370 e. The number of para-hydroxylation sites is 2. The Morgan fingerprint density at radius 1 is 0.744 bits per heavy atom. The van der Waals surface area contributed by atoms with Crippen LogP contribution in [0.3, 0.4) is 0 Å². The Balaban J connectivity index is 0.000000236. The quantitative estimate of drug-likeness (QED) is 0.138. The van der Waals surface area contributed by atoms with Gasteiger partial charge in [-0.3, -0.25) is 10.6 Å². The normalized spacial score (nSPS) is 13.8. The van der Waals surface area contributed by atoms with Crippen molar-refractivity contribution in [2.45, 2.75) is 58.5 Å². The molecule has 0 bridgehead atoms. The zero-order valence-corrected chi connectivity index (χ0v) is 25.8. The van der Waals surface area contributed by atoms with Crippen molar-refractivity contribution in [1.29, 1.82) is 0 Å². The summed E-state index contributed by atoms with van der Waals surface area (Å²) in [4.78, 5) is 32.3. The van der Waals surface area contributed by atoms with Crippen molar-refractivity contribution >= 4 is 58.6 Å². The van der Waals surface area contributed by atoms with Gasteiger partial charge in [-0.15, -0.1) is 0 Å². The number of nitrogens with two attached hydrogens (primary N) is 2. The summed E-state index contributed by atoms with van der Waals surface area (Å²) in [7, 11) is 0. The molecule has 3 aromatic carbocycles. The molecule has 10 nitrogen and oxygen atoms in total. The number of rotatable bonds is 5. The van der Waals surface area contributed by atoms with Gasteiger partial charge in [0, 0.05) is 0 Å². The fourth-order valence-corrected chi connectivity index (χ4v) is 4.88. The molecule has 8 N–H and O–H groups in total. The van der Waals surface area contributed by atoms with E-state index in [4.69, 9.17) is 34.7 Å². The van der Waals surface area contributed by atoms with Crippen molar-refractivity contribution in [3.05, 3.63) is 93.5 Å². The number of halogens is 2. The summed E-state index contributed by atoms with van der Waals surface area (Å²) in [6.07, 6.45) is 5.67. The maximum absolute atomic E-state index is 11.9. The van der Waals surface area contributed by atoms with Gasteiger partial charge in [0.15, 0.2) is 11.9 Å². The van der Waals surface area contributed by atoms with Crippen LogP contribution in [-0.4, -0.2) is 30.0 Å². The first-order valence-electron chi connectivity index (χ1n) is 14.0. The van der Waals surface area contributed by atoms with Gasteiger partial charge in [-0.2, -0.15) is 0 Å². The molecule has 0 atom stereocenters. The van der Waals surface area contributed by atoms with Crippen LogP contribution in [0.5, 0.6) is 0 Å². The second kappa shape index (κ2) is 17.0. The van der Waals surface area contributed by atoms with Gasteiger partial charge in [0.05, 0.1) is 34.0 Å². The van der Waals surface area contributed by atoms with Gasteiger partial charge in [0.2, 0.25) is 0 Å². The number of anilines is 2. The van der Waals surface area contributed by atoms with Crippen LogP contribution in [0.1, 0.15) is 48.8 Å². The fourth-order valence-electron chi connectivity index (χ4n) is 4.34. The number of guanidine groups is 2. The van der Waals surface area contributed by atoms with E-state index < -0.39 is 12.1 Å². The first-order chi connectivity index (χ1) is 20.6. The highest BCUT2D eigenvalue weighted by Crippen LogP contribution is 2.26. The van der Waals surface area contributed by atoms with Crippen molar-refractivity contribution < 1.29 is 9.59 Å². The molecular formula is C31H38Cl2N8O2. The van der Waals surface area contributed by atoms with E-state index in [2.05, 4.69) is 31.3 Å². The third-order valence-corrected chi connectivity index (χ3v) is 7.21. The molecule has 1 fully saturated rings. The number of benzene rings is 3. The number of aryl methyl sites for hydroxylation is 2. The highest BCUT2D eigenvalue weighted by atomic mass is 35.5. The van der Waals surface area contributed by atoms with Gasteiger partial charge in [0.25, 0.3) is 0 Å². The Hall–Kier alpha value is -4.28. The summed E-state index contributed by atoms with van der Waals surface area (Å²) in [6, 6.07) is 19.8. The molecule has 1 aliphatic rings. The molecule has 0 saturated heterocycles. The first kappa shape index (κ1) is 33.2. The number of amides is 4. The van der Waals surface area contributed by atoms with Gasteiger partial charge < -0.3 is 22.1 Å². The Bertz CT molecular complexity index is 1400. The number of aliphatic imine (C=N–C) groups is 2. The maximum Gasteiger partial charge on any atom is 0.326 e. The minimum absolute atomic E-state index is 0.0473. The van der Waals surface area contributed by atoms with Crippen LogP contribution in [0.4, 0.5) is 21.0 Å². The molecule has 3 aromatic rings. The van der Waals surface area contributed by atoms with E-state index in [1.165, 1.54) is 19.3 Å². The standard InChI is InChI=1S/C16H17ClN4O.C15H21ClN4O/c1-11-6-5-9-13(17)14(11)20-16(22)21-15(18)19-10-12-7-3-2-4-8-12;1-10-6-5-9-12(16)13(10)19-15(21)20-14(17)18-11-7-3-2-4-8-11/h2-9H,10H2,1H3,(H4,18,19,20,21,22);5-6,9,11H,2-4,7-8H2,1H3,(H4,17,18,19,20,21). The van der Waals surface area contributed by atoms with E-state index in [1.807, 2.05) is 68.4 Å². The molecule has 0 spiro atoms. The van der Waals surface area contributed by atoms with Gasteiger partial charge in [-0.1, -0.05) is 97.1 Å². The summed E-state index contributed by atoms with van der Waals surface area (Å²) in [6.45, 7) is 4.13. The molecule has 0 aromatic heterocycles. The topological polar surface area (TPSA) is 159 Å². The number of nitrogens with zero attached hydrogens (tertiary/aromatic N) is 2. The summed E-state index contributed by atoms with van der Waals surface area (Å²) in [5.41, 5.74) is 15.4. The van der Waals surface area contributed by atoms with E-state index in [1.54, 1.807) is 12.1 Å². The van der Waals surface area contributed by atoms with E-state index in [0.717, 1.165) is 29.5 Å². The average Bonchev–Trinajstić information content (AvgIpc) is 2.97. The van der Waals surface area contributed by atoms with Gasteiger partial charge in [-0.25, -0.2) is 19.6 Å². The number of carbonyl (C=O) groups excluding carboxylic acids is 2. The molecular weight excluding hydrogens is 587 g/mol. The third kappa shape index (κ3) is 11.5. The van der Waals surface area contributed by atoms with Crippen molar-refractivity contribution in [3.8, 4) is 0 Å². The Kier molecular flexibility index (Phi) is 13.1. The molecule has 4 amide bonds. The van der Waals surface area contributed by atoms with E-state index in [0.29, 0.717) is 28.0 Å². The minimum Gasteiger partial charge on any atom is -0.370 e. The fraction of sp³-hybridized carbons (Fsp3) is 0.290. The lowest BCUT2D eigenvalue weighted by Gasteiger charge is -2.18. The lowest BCUT2D eigenvalue weighted by atomic mass is 9.96. The van der Waals surface area contributed by atoms with Gasteiger partial charge in [-0.05, 0) is 55.5 Å². The molecule has 0 heterocycles. The molecule has 0 aliphatic heterocycles. The lowest BCUT2D eigenvalue weighted by molar-refractivity contribution is 0.255. The van der Waals surface area contributed by atoms with Crippen LogP contribution in [0, 0.1) is 13.8 Å². The van der Waals surface area contributed by atoms with Crippen molar-refractivity contribution in [2.24, 2.45) is 21.5 Å². The molecule has 43 heavy (non-hydrogen) atoms. The SMILES string of the molecule is Cc1cccc(Cl)c1NC(=O)NC(N)=NC1CCCCC1.Cc1cccc(Cl)c1NC(=O)NC(N)=NCc1ccccc1. The molecule has 12 heteroatoms. The van der Waals surface area contributed by atoms with Crippen LogP contribution >= 0.6 is 23.2 Å². The van der Waals surface area contributed by atoms with Crippen LogP contribution < -0.4 is 32.7 Å². The maximum atomic E-state index is 11.9. The summed E-state index contributed by atoms with van der Waals surface area (Å²) in [5, 5.41) is 11.4. The lowest BCUT2D eigenvalue weighted by Crippen LogP contribution is -2.40. The van der Waals surface area contributed by atoms with Gasteiger partial charge >= 0.3 is 12.1 Å². The highest BCUT2D eigenvalue weighted by Gasteiger charge is 2.14. The Morgan fingerprint density at radius 2 is 1.26 bits per heavy atom. The van der Waals surface area contributed by atoms with Crippen LogP contribution in [0.15, 0.2) is 76.7 Å². The van der Waals surface area contributed by atoms with Crippen molar-refractivity contribution in [1.82, 2.24) is 10.6 Å². The Labute approximate surface area is 262 Å². The molecule has 0 radical (unpaired) electrons. The molecule has 228 valence electrons. The minimum atomic E-state index is -0.481. The molecule has 1 aliphatic carbocycles. The predicted octanol–water partition coefficient (Wildman–Crippen LogP) is 6.70. The smallest absolute Gasteiger partial charge is 0.326 e. The number of urea groups is 2. The summed E-state index contributed by atoms with van der Waals surface area (Å²) < 4.78 is 0. The van der Waals surface area contributed by atoms with Crippen LogP contribution in [0.25, 0.3) is 0 Å². The van der Waals surface area contributed by atoms with Crippen LogP contribution in [0.2, 0.25) is 10.0 Å². The summed E-state index contributed by atoms with van der Waals surface area (Å²) in [5.74, 6) is 0.204. The number of hydrogen-bond donors (Lipinski definition) is 6. The predicted molar refractivity (Wildman–Crippen MR) is 177 cm³/mol. The van der Waals surface area contributed by atoms with Crippen molar-refractivity contribution in [2.75, 3.05) is 10.6 Å². The number of carbonyl (C=O) groups is 2. The zero-order chi connectivity index (χ0) is 31.2.